The molecule has 0 amide bonds. The number of benzene rings is 2. The van der Waals surface area contributed by atoms with E-state index in [2.05, 4.69) is 9.72 Å². The standard InChI is InChI=1S/C29H26F5NO7/c1-16(25(18-4-8-20(30)9-5-18)19-6-10-21(31)11-7-19)42-28(38)22(29(32,33)34)14-23(37)26-27(41-15-40-17(2)36)24(39-3)12-13-35-26/h4-13,16,22,25H,14-15H2,1-3H3/t16-,22?/m0/s1. The van der Waals surface area contributed by atoms with Gasteiger partial charge in [-0.15, -0.1) is 0 Å². The molecule has 0 bridgehead atoms. The lowest BCUT2D eigenvalue weighted by Crippen LogP contribution is -2.37. The Kier molecular flexibility index (Phi) is 10.6. The molecule has 2 atom stereocenters. The minimum atomic E-state index is -5.20. The van der Waals surface area contributed by atoms with Gasteiger partial charge in [0.2, 0.25) is 6.79 Å². The largest absolute Gasteiger partial charge is 0.493 e. The van der Waals surface area contributed by atoms with Crippen LogP contribution in [0.3, 0.4) is 0 Å². The van der Waals surface area contributed by atoms with Crippen molar-refractivity contribution >= 4 is 17.7 Å². The van der Waals surface area contributed by atoms with Gasteiger partial charge in [-0.2, -0.15) is 13.2 Å². The summed E-state index contributed by atoms with van der Waals surface area (Å²) in [4.78, 5) is 40.8. The molecule has 0 fully saturated rings. The van der Waals surface area contributed by atoms with Gasteiger partial charge in [0.25, 0.3) is 0 Å². The van der Waals surface area contributed by atoms with Gasteiger partial charge in [-0.1, -0.05) is 24.3 Å². The van der Waals surface area contributed by atoms with Gasteiger partial charge in [0.1, 0.15) is 17.7 Å². The number of ether oxygens (including phenoxy) is 4. The lowest BCUT2D eigenvalue weighted by atomic mass is 9.87. The molecule has 2 aromatic carbocycles. The number of carbonyl (C=O) groups excluding carboxylic acids is 3. The van der Waals surface area contributed by atoms with E-state index in [1.807, 2.05) is 0 Å². The minimum absolute atomic E-state index is 0.0818. The highest BCUT2D eigenvalue weighted by atomic mass is 19.4. The zero-order valence-electron chi connectivity index (χ0n) is 22.6. The van der Waals surface area contributed by atoms with Gasteiger partial charge in [0, 0.05) is 31.5 Å². The SMILES string of the molecule is COc1ccnc(C(=O)CC(C(=O)O[C@@H](C)C(c2ccc(F)cc2)c2ccc(F)cc2)C(F)(F)F)c1OCOC(C)=O. The molecule has 0 saturated heterocycles. The van der Waals surface area contributed by atoms with E-state index in [4.69, 9.17) is 14.2 Å². The van der Waals surface area contributed by atoms with Crippen molar-refractivity contribution in [1.82, 2.24) is 4.98 Å². The van der Waals surface area contributed by atoms with Crippen molar-refractivity contribution in [3.8, 4) is 11.5 Å². The Bertz CT molecular complexity index is 1350. The number of pyridine rings is 1. The fraction of sp³-hybridized carbons (Fsp3) is 0.310. The maximum absolute atomic E-state index is 14.1. The zero-order valence-corrected chi connectivity index (χ0v) is 22.6. The fourth-order valence-electron chi connectivity index (χ4n) is 4.12. The monoisotopic (exact) mass is 595 g/mol. The Hall–Kier alpha value is -4.55. The van der Waals surface area contributed by atoms with Gasteiger partial charge in [0.15, 0.2) is 28.9 Å². The van der Waals surface area contributed by atoms with E-state index in [1.165, 1.54) is 44.4 Å². The minimum Gasteiger partial charge on any atom is -0.493 e. The molecule has 0 spiro atoms. The van der Waals surface area contributed by atoms with E-state index >= 15 is 0 Å². The first-order chi connectivity index (χ1) is 19.8. The number of methoxy groups -OCH3 is 1. The number of ketones is 1. The normalized spacial score (nSPS) is 12.8. The maximum atomic E-state index is 14.1. The highest BCUT2D eigenvalue weighted by Crippen LogP contribution is 2.37. The number of nitrogens with zero attached hydrogens (tertiary/aromatic N) is 1. The summed E-state index contributed by atoms with van der Waals surface area (Å²) in [5.74, 6) is -9.11. The van der Waals surface area contributed by atoms with E-state index in [0.29, 0.717) is 11.1 Å². The van der Waals surface area contributed by atoms with Crippen molar-refractivity contribution in [2.24, 2.45) is 5.92 Å². The summed E-state index contributed by atoms with van der Waals surface area (Å²) in [6.07, 6.45) is -6.77. The van der Waals surface area contributed by atoms with Crippen LogP contribution in [0.1, 0.15) is 47.8 Å². The molecule has 13 heteroatoms. The third-order valence-electron chi connectivity index (χ3n) is 6.12. The van der Waals surface area contributed by atoms with Gasteiger partial charge >= 0.3 is 18.1 Å². The molecule has 0 saturated carbocycles. The van der Waals surface area contributed by atoms with Crippen molar-refractivity contribution in [3.63, 3.8) is 0 Å². The molecule has 0 aliphatic rings. The number of Topliss-reactive ketones (excluding diaryl/α,β-unsaturated/α-hetero) is 1. The number of rotatable bonds is 12. The molecule has 8 nitrogen and oxygen atoms in total. The highest BCUT2D eigenvalue weighted by molar-refractivity contribution is 5.99. The predicted octanol–water partition coefficient (Wildman–Crippen LogP) is 5.78. The van der Waals surface area contributed by atoms with Gasteiger partial charge in [-0.05, 0) is 42.3 Å². The molecule has 224 valence electrons. The Labute approximate surface area is 237 Å². The first kappa shape index (κ1) is 32.0. The molecule has 1 unspecified atom stereocenters. The van der Waals surface area contributed by atoms with Crippen LogP contribution in [-0.4, -0.2) is 48.9 Å². The smallest absolute Gasteiger partial charge is 0.402 e. The lowest BCUT2D eigenvalue weighted by Gasteiger charge is -2.27. The van der Waals surface area contributed by atoms with Crippen LogP contribution >= 0.6 is 0 Å². The van der Waals surface area contributed by atoms with Crippen LogP contribution in [0.15, 0.2) is 60.8 Å². The molecule has 0 radical (unpaired) electrons. The van der Waals surface area contributed by atoms with Gasteiger partial charge in [0.05, 0.1) is 7.11 Å². The number of carbonyl (C=O) groups is 3. The number of halogens is 5. The topological polar surface area (TPSA) is 101 Å². The Morgan fingerprint density at radius 2 is 1.45 bits per heavy atom. The summed E-state index contributed by atoms with van der Waals surface area (Å²) < 4.78 is 89.6. The van der Waals surface area contributed by atoms with E-state index in [9.17, 15) is 36.3 Å². The average Bonchev–Trinajstić information content (AvgIpc) is 2.93. The van der Waals surface area contributed by atoms with Crippen molar-refractivity contribution in [3.05, 3.63) is 89.2 Å². The van der Waals surface area contributed by atoms with Crippen LogP contribution < -0.4 is 9.47 Å². The van der Waals surface area contributed by atoms with Crippen molar-refractivity contribution < 1.29 is 55.3 Å². The maximum Gasteiger partial charge on any atom is 0.402 e. The number of esters is 2. The van der Waals surface area contributed by atoms with Crippen LogP contribution in [0.2, 0.25) is 0 Å². The number of hydrogen-bond donors (Lipinski definition) is 0. The second kappa shape index (κ2) is 13.9. The molecule has 1 heterocycles. The first-order valence-corrected chi connectivity index (χ1v) is 12.4. The fourth-order valence-corrected chi connectivity index (χ4v) is 4.12. The Morgan fingerprint density at radius 1 is 0.905 bits per heavy atom. The third-order valence-corrected chi connectivity index (χ3v) is 6.12. The molecule has 3 rings (SSSR count). The van der Waals surface area contributed by atoms with Gasteiger partial charge in [-0.25, -0.2) is 13.8 Å². The van der Waals surface area contributed by atoms with E-state index in [1.54, 1.807) is 0 Å². The van der Waals surface area contributed by atoms with Crippen molar-refractivity contribution in [1.29, 1.82) is 0 Å². The average molecular weight is 596 g/mol. The molecule has 1 aromatic heterocycles. The number of alkyl halides is 3. The van der Waals surface area contributed by atoms with Crippen LogP contribution in [0, 0.1) is 17.6 Å². The van der Waals surface area contributed by atoms with E-state index in [0.717, 1.165) is 37.4 Å². The second-order valence-electron chi connectivity index (χ2n) is 9.03. The first-order valence-electron chi connectivity index (χ1n) is 12.4. The summed E-state index contributed by atoms with van der Waals surface area (Å²) in [5, 5.41) is 0. The molecule has 0 aliphatic carbocycles. The summed E-state index contributed by atoms with van der Waals surface area (Å²) >= 11 is 0. The van der Waals surface area contributed by atoms with Gasteiger partial charge < -0.3 is 18.9 Å². The Morgan fingerprint density at radius 3 is 1.93 bits per heavy atom. The lowest BCUT2D eigenvalue weighted by molar-refractivity contribution is -0.200. The highest BCUT2D eigenvalue weighted by Gasteiger charge is 2.48. The van der Waals surface area contributed by atoms with Crippen LogP contribution in [0.5, 0.6) is 11.5 Å². The number of aromatic nitrogens is 1. The molecule has 0 N–H and O–H groups in total. The zero-order chi connectivity index (χ0) is 31.0. The van der Waals surface area contributed by atoms with Gasteiger partial charge in [-0.3, -0.25) is 14.4 Å². The summed E-state index contributed by atoms with van der Waals surface area (Å²) in [7, 11) is 1.21. The van der Waals surface area contributed by atoms with Crippen LogP contribution in [-0.2, 0) is 19.1 Å². The molecular weight excluding hydrogens is 569 g/mol. The van der Waals surface area contributed by atoms with Crippen molar-refractivity contribution in [2.75, 3.05) is 13.9 Å². The quantitative estimate of drug-likeness (QED) is 0.112. The van der Waals surface area contributed by atoms with E-state index < -0.39 is 72.4 Å². The Balaban J connectivity index is 1.88. The molecule has 3 aromatic rings. The summed E-state index contributed by atoms with van der Waals surface area (Å²) in [6, 6.07) is 11.2. The molecule has 0 aliphatic heterocycles. The number of hydrogen-bond acceptors (Lipinski definition) is 8. The second-order valence-corrected chi connectivity index (χ2v) is 9.03. The van der Waals surface area contributed by atoms with Crippen LogP contribution in [0.4, 0.5) is 22.0 Å². The van der Waals surface area contributed by atoms with Crippen LogP contribution in [0.25, 0.3) is 0 Å². The predicted molar refractivity (Wildman–Crippen MR) is 137 cm³/mol. The molecule has 42 heavy (non-hydrogen) atoms. The third kappa shape index (κ3) is 8.24. The summed E-state index contributed by atoms with van der Waals surface area (Å²) in [6.45, 7) is 1.73. The molecular formula is C29H26F5NO7. The van der Waals surface area contributed by atoms with Crippen molar-refractivity contribution in [2.45, 2.75) is 38.5 Å². The van der Waals surface area contributed by atoms with E-state index in [-0.39, 0.29) is 11.5 Å². The summed E-state index contributed by atoms with van der Waals surface area (Å²) in [5.41, 5.74) is 0.184.